The fraction of sp³-hybridized carbons (Fsp3) is 0.647. The van der Waals surface area contributed by atoms with E-state index in [1.54, 1.807) is 12.1 Å². The van der Waals surface area contributed by atoms with Gasteiger partial charge in [0.15, 0.2) is 11.6 Å². The molecule has 0 heterocycles. The molecular weight excluding hydrogens is 255 g/mol. The third-order valence-corrected chi connectivity index (χ3v) is 4.49. The molecule has 2 rings (SSSR count). The van der Waals surface area contributed by atoms with E-state index in [1.807, 2.05) is 6.07 Å². The number of methoxy groups -OCH3 is 1. The first-order chi connectivity index (χ1) is 9.65. The Hall–Kier alpha value is -1.09. The molecule has 0 bridgehead atoms. The van der Waals surface area contributed by atoms with Crippen molar-refractivity contribution in [2.24, 2.45) is 11.8 Å². The summed E-state index contributed by atoms with van der Waals surface area (Å²) in [7, 11) is 1.48. The monoisotopic (exact) mass is 280 g/mol. The Labute approximate surface area is 121 Å². The second-order valence-corrected chi connectivity index (χ2v) is 5.93. The number of halogens is 1. The zero-order valence-corrected chi connectivity index (χ0v) is 12.4. The van der Waals surface area contributed by atoms with Crippen LogP contribution in [-0.4, -0.2) is 18.3 Å². The first kappa shape index (κ1) is 15.3. The normalized spacial score (nSPS) is 26.5. The molecule has 1 fully saturated rings. The number of benzene rings is 1. The maximum absolute atomic E-state index is 14.2. The lowest BCUT2D eigenvalue weighted by atomic mass is 9.75. The molecule has 3 heteroatoms. The van der Waals surface area contributed by atoms with Gasteiger partial charge in [0.05, 0.1) is 13.2 Å². The summed E-state index contributed by atoms with van der Waals surface area (Å²) >= 11 is 0. The van der Waals surface area contributed by atoms with Gasteiger partial charge in [0, 0.05) is 0 Å². The van der Waals surface area contributed by atoms with Crippen molar-refractivity contribution >= 4 is 0 Å². The van der Waals surface area contributed by atoms with Crippen LogP contribution < -0.4 is 4.74 Å². The Morgan fingerprint density at radius 1 is 1.35 bits per heavy atom. The van der Waals surface area contributed by atoms with E-state index in [0.29, 0.717) is 17.9 Å². The van der Waals surface area contributed by atoms with Gasteiger partial charge in [-0.2, -0.15) is 0 Å². The van der Waals surface area contributed by atoms with Crippen LogP contribution in [0.3, 0.4) is 0 Å². The quantitative estimate of drug-likeness (QED) is 0.884. The molecule has 2 nitrogen and oxygen atoms in total. The molecule has 0 saturated heterocycles. The number of ether oxygens (including phenoxy) is 1. The van der Waals surface area contributed by atoms with Gasteiger partial charge in [-0.25, -0.2) is 4.39 Å². The zero-order chi connectivity index (χ0) is 14.5. The molecule has 0 aromatic heterocycles. The lowest BCUT2D eigenvalue weighted by molar-refractivity contribution is 0.0458. The van der Waals surface area contributed by atoms with Crippen molar-refractivity contribution in [3.05, 3.63) is 29.6 Å². The van der Waals surface area contributed by atoms with Crippen LogP contribution >= 0.6 is 0 Å². The SMILES string of the molecule is CCCC1CCC(O)C(Cc2cccc(OC)c2F)C1. The van der Waals surface area contributed by atoms with Gasteiger partial charge in [0.25, 0.3) is 0 Å². The van der Waals surface area contributed by atoms with E-state index < -0.39 is 0 Å². The summed E-state index contributed by atoms with van der Waals surface area (Å²) in [5.41, 5.74) is 0.658. The summed E-state index contributed by atoms with van der Waals surface area (Å²) in [6, 6.07) is 5.25. The van der Waals surface area contributed by atoms with Crippen LogP contribution in [0.4, 0.5) is 4.39 Å². The van der Waals surface area contributed by atoms with Gasteiger partial charge < -0.3 is 9.84 Å². The summed E-state index contributed by atoms with van der Waals surface area (Å²) in [6.07, 6.45) is 5.65. The maximum Gasteiger partial charge on any atom is 0.168 e. The van der Waals surface area contributed by atoms with Crippen molar-refractivity contribution < 1.29 is 14.2 Å². The number of aliphatic hydroxyl groups excluding tert-OH is 1. The Morgan fingerprint density at radius 3 is 2.85 bits per heavy atom. The molecule has 1 saturated carbocycles. The summed E-state index contributed by atoms with van der Waals surface area (Å²) in [5, 5.41) is 10.2. The Balaban J connectivity index is 2.07. The molecule has 112 valence electrons. The lowest BCUT2D eigenvalue weighted by Crippen LogP contribution is -2.30. The third-order valence-electron chi connectivity index (χ3n) is 4.49. The van der Waals surface area contributed by atoms with Gasteiger partial charge in [-0.3, -0.25) is 0 Å². The number of aliphatic hydroxyl groups is 1. The fourth-order valence-electron chi connectivity index (χ4n) is 3.39. The van der Waals surface area contributed by atoms with Crippen molar-refractivity contribution in [1.82, 2.24) is 0 Å². The standard InChI is InChI=1S/C17H25FO2/c1-3-5-12-8-9-15(19)14(10-12)11-13-6-4-7-16(20-2)17(13)18/h4,6-7,12,14-15,19H,3,5,8-11H2,1-2H3. The van der Waals surface area contributed by atoms with Crippen molar-refractivity contribution in [3.8, 4) is 5.75 Å². The molecule has 0 radical (unpaired) electrons. The van der Waals surface area contributed by atoms with E-state index in [2.05, 4.69) is 6.92 Å². The van der Waals surface area contributed by atoms with Crippen LogP contribution in [0.5, 0.6) is 5.75 Å². The minimum atomic E-state index is -0.297. The zero-order valence-electron chi connectivity index (χ0n) is 12.4. The van der Waals surface area contributed by atoms with Crippen molar-refractivity contribution in [3.63, 3.8) is 0 Å². The van der Waals surface area contributed by atoms with Crippen LogP contribution in [-0.2, 0) is 6.42 Å². The van der Waals surface area contributed by atoms with Crippen LogP contribution in [0.2, 0.25) is 0 Å². The van der Waals surface area contributed by atoms with Crippen LogP contribution in [0.25, 0.3) is 0 Å². The predicted octanol–water partition coefficient (Wildman–Crippen LogP) is 3.95. The highest BCUT2D eigenvalue weighted by molar-refractivity contribution is 5.31. The van der Waals surface area contributed by atoms with Gasteiger partial charge >= 0.3 is 0 Å². The molecule has 0 amide bonds. The van der Waals surface area contributed by atoms with Crippen molar-refractivity contribution in [2.75, 3.05) is 7.11 Å². The van der Waals surface area contributed by atoms with Gasteiger partial charge in [-0.05, 0) is 49.1 Å². The highest BCUT2D eigenvalue weighted by Crippen LogP contribution is 2.35. The first-order valence-corrected chi connectivity index (χ1v) is 7.65. The molecule has 1 N–H and O–H groups in total. The van der Waals surface area contributed by atoms with Crippen LogP contribution in [0, 0.1) is 17.7 Å². The second kappa shape index (κ2) is 7.07. The van der Waals surface area contributed by atoms with Crippen molar-refractivity contribution in [1.29, 1.82) is 0 Å². The van der Waals surface area contributed by atoms with E-state index >= 15 is 0 Å². The van der Waals surface area contributed by atoms with Gasteiger partial charge in [0.1, 0.15) is 0 Å². The molecule has 0 spiro atoms. The Bertz CT molecular complexity index is 433. The van der Waals surface area contributed by atoms with Gasteiger partial charge in [0.2, 0.25) is 0 Å². The Morgan fingerprint density at radius 2 is 2.15 bits per heavy atom. The smallest absolute Gasteiger partial charge is 0.168 e. The average Bonchev–Trinajstić information content (AvgIpc) is 2.45. The number of hydrogen-bond donors (Lipinski definition) is 1. The summed E-state index contributed by atoms with van der Waals surface area (Å²) in [6.45, 7) is 2.20. The number of rotatable bonds is 5. The second-order valence-electron chi connectivity index (χ2n) is 5.93. The Kier molecular flexibility index (Phi) is 5.41. The third kappa shape index (κ3) is 3.51. The largest absolute Gasteiger partial charge is 0.494 e. The minimum absolute atomic E-state index is 0.168. The summed E-state index contributed by atoms with van der Waals surface area (Å²) in [5.74, 6) is 0.863. The van der Waals surface area contributed by atoms with E-state index in [9.17, 15) is 9.50 Å². The average molecular weight is 280 g/mol. The lowest BCUT2D eigenvalue weighted by Gasteiger charge is -2.33. The highest BCUT2D eigenvalue weighted by Gasteiger charge is 2.29. The van der Waals surface area contributed by atoms with Crippen LogP contribution in [0.15, 0.2) is 18.2 Å². The van der Waals surface area contributed by atoms with Crippen LogP contribution in [0.1, 0.15) is 44.6 Å². The van der Waals surface area contributed by atoms with Gasteiger partial charge in [-0.15, -0.1) is 0 Å². The molecule has 3 unspecified atom stereocenters. The maximum atomic E-state index is 14.2. The fourth-order valence-corrected chi connectivity index (χ4v) is 3.39. The molecule has 0 aliphatic heterocycles. The highest BCUT2D eigenvalue weighted by atomic mass is 19.1. The molecular formula is C17H25FO2. The molecule has 1 aromatic carbocycles. The topological polar surface area (TPSA) is 29.5 Å². The van der Waals surface area contributed by atoms with E-state index in [1.165, 1.54) is 20.0 Å². The molecule has 20 heavy (non-hydrogen) atoms. The predicted molar refractivity (Wildman–Crippen MR) is 78.4 cm³/mol. The molecule has 1 aliphatic rings. The van der Waals surface area contributed by atoms with Crippen molar-refractivity contribution in [2.45, 2.75) is 51.6 Å². The summed E-state index contributed by atoms with van der Waals surface area (Å²) in [4.78, 5) is 0. The van der Waals surface area contributed by atoms with E-state index in [0.717, 1.165) is 19.3 Å². The first-order valence-electron chi connectivity index (χ1n) is 7.65. The number of hydrogen-bond acceptors (Lipinski definition) is 2. The van der Waals surface area contributed by atoms with E-state index in [4.69, 9.17) is 4.74 Å². The molecule has 3 atom stereocenters. The minimum Gasteiger partial charge on any atom is -0.494 e. The van der Waals surface area contributed by atoms with Gasteiger partial charge in [-0.1, -0.05) is 31.9 Å². The van der Waals surface area contributed by atoms with E-state index in [-0.39, 0.29) is 23.6 Å². The molecule has 1 aliphatic carbocycles. The summed E-state index contributed by atoms with van der Waals surface area (Å²) < 4.78 is 19.2. The molecule has 1 aromatic rings.